The van der Waals surface area contributed by atoms with E-state index in [2.05, 4.69) is 10.6 Å². The first kappa shape index (κ1) is 20.3. The number of benzene rings is 2. The molecule has 29 heavy (non-hydrogen) atoms. The third-order valence-corrected chi connectivity index (χ3v) is 6.06. The highest BCUT2D eigenvalue weighted by molar-refractivity contribution is 7.89. The lowest BCUT2D eigenvalue weighted by atomic mass is 10.2. The Kier molecular flexibility index (Phi) is 5.56. The summed E-state index contributed by atoms with van der Waals surface area (Å²) in [6.07, 6.45) is 0. The summed E-state index contributed by atoms with van der Waals surface area (Å²) in [6, 6.07) is 15.0. The zero-order chi connectivity index (χ0) is 21.2. The number of anilines is 4. The van der Waals surface area contributed by atoms with Crippen molar-refractivity contribution in [2.75, 3.05) is 16.4 Å². The summed E-state index contributed by atoms with van der Waals surface area (Å²) in [4.78, 5) is 12.7. The molecule has 0 aliphatic rings. The minimum absolute atomic E-state index is 0.0671. The Hall–Kier alpha value is -3.39. The van der Waals surface area contributed by atoms with Crippen LogP contribution in [0.2, 0.25) is 0 Å². The van der Waals surface area contributed by atoms with Gasteiger partial charge in [-0.2, -0.15) is 5.26 Å². The fraction of sp³-hybridized carbons (Fsp3) is 0.0526. The van der Waals surface area contributed by atoms with Gasteiger partial charge in [-0.05, 0) is 43.3 Å². The van der Waals surface area contributed by atoms with E-state index >= 15 is 0 Å². The van der Waals surface area contributed by atoms with Crippen LogP contribution in [0.4, 0.5) is 22.1 Å². The summed E-state index contributed by atoms with van der Waals surface area (Å²) < 4.78 is 22.6. The average molecular weight is 428 g/mol. The van der Waals surface area contributed by atoms with Crippen LogP contribution in [0.5, 0.6) is 0 Å². The predicted molar refractivity (Wildman–Crippen MR) is 114 cm³/mol. The molecule has 148 valence electrons. The number of nitrogen functional groups attached to an aromatic ring is 1. The van der Waals surface area contributed by atoms with Crippen molar-refractivity contribution in [3.8, 4) is 6.07 Å². The maximum absolute atomic E-state index is 12.6. The zero-order valence-corrected chi connectivity index (χ0v) is 16.9. The first-order valence-electron chi connectivity index (χ1n) is 8.29. The highest BCUT2D eigenvalue weighted by atomic mass is 32.2. The number of carbonyl (C=O) groups is 1. The summed E-state index contributed by atoms with van der Waals surface area (Å²) in [5.74, 6) is -0.510. The van der Waals surface area contributed by atoms with E-state index in [-0.39, 0.29) is 21.0 Å². The van der Waals surface area contributed by atoms with Crippen LogP contribution in [0.25, 0.3) is 0 Å². The van der Waals surface area contributed by atoms with Crippen LogP contribution in [0, 0.1) is 18.3 Å². The number of aryl methyl sites for hydroxylation is 1. The molecule has 0 saturated carbocycles. The van der Waals surface area contributed by atoms with Crippen molar-refractivity contribution in [2.45, 2.75) is 11.8 Å². The Labute approximate surface area is 171 Å². The first-order valence-corrected chi connectivity index (χ1v) is 10.7. The van der Waals surface area contributed by atoms with Gasteiger partial charge in [0.1, 0.15) is 21.5 Å². The van der Waals surface area contributed by atoms with Gasteiger partial charge in [-0.3, -0.25) is 4.79 Å². The second kappa shape index (κ2) is 7.92. The SMILES string of the molecule is Cc1ccc(Nc2sc(C(=O)Nc3ccc(S(N)(=O)=O)cc3)c(N)c2C#N)cc1. The van der Waals surface area contributed by atoms with Crippen LogP contribution in [0.1, 0.15) is 20.8 Å². The molecule has 0 saturated heterocycles. The molecule has 0 aliphatic carbocycles. The smallest absolute Gasteiger partial charge is 0.267 e. The van der Waals surface area contributed by atoms with Gasteiger partial charge in [0.2, 0.25) is 10.0 Å². The number of amides is 1. The quantitative estimate of drug-likeness (QED) is 0.491. The van der Waals surface area contributed by atoms with Gasteiger partial charge in [0.15, 0.2) is 0 Å². The fourth-order valence-corrected chi connectivity index (χ4v) is 4.00. The second-order valence-corrected chi connectivity index (χ2v) is 8.76. The standard InChI is InChI=1S/C19H17N5O3S2/c1-11-2-4-13(5-3-11)24-19-15(10-20)16(21)17(28-19)18(25)23-12-6-8-14(9-7-12)29(22,26)27/h2-9,24H,21H2,1H3,(H,23,25)(H2,22,26,27). The molecule has 0 radical (unpaired) electrons. The monoisotopic (exact) mass is 427 g/mol. The molecule has 1 heterocycles. The van der Waals surface area contributed by atoms with Crippen LogP contribution in [-0.2, 0) is 10.0 Å². The van der Waals surface area contributed by atoms with Crippen molar-refractivity contribution in [3.05, 3.63) is 64.5 Å². The highest BCUT2D eigenvalue weighted by Gasteiger charge is 2.21. The Morgan fingerprint density at radius 3 is 2.21 bits per heavy atom. The minimum atomic E-state index is -3.82. The van der Waals surface area contributed by atoms with Gasteiger partial charge < -0.3 is 16.4 Å². The number of primary sulfonamides is 1. The third-order valence-electron chi connectivity index (χ3n) is 4.01. The van der Waals surface area contributed by atoms with Crippen LogP contribution in [0.3, 0.4) is 0 Å². The zero-order valence-electron chi connectivity index (χ0n) is 15.3. The molecule has 3 rings (SSSR count). The number of hydrogen-bond donors (Lipinski definition) is 4. The van der Waals surface area contributed by atoms with E-state index in [0.29, 0.717) is 10.7 Å². The highest BCUT2D eigenvalue weighted by Crippen LogP contribution is 2.37. The van der Waals surface area contributed by atoms with Gasteiger partial charge in [-0.25, -0.2) is 13.6 Å². The van der Waals surface area contributed by atoms with Crippen molar-refractivity contribution in [3.63, 3.8) is 0 Å². The predicted octanol–water partition coefficient (Wildman–Crippen LogP) is 3.15. The number of rotatable bonds is 5. The molecular weight excluding hydrogens is 410 g/mol. The molecule has 8 nitrogen and oxygen atoms in total. The van der Waals surface area contributed by atoms with E-state index in [1.54, 1.807) is 0 Å². The lowest BCUT2D eigenvalue weighted by Gasteiger charge is -2.05. The normalized spacial score (nSPS) is 10.9. The largest absolute Gasteiger partial charge is 0.396 e. The molecule has 3 aromatic rings. The maximum Gasteiger partial charge on any atom is 0.267 e. The number of nitrogens with two attached hydrogens (primary N) is 2. The number of nitriles is 1. The van der Waals surface area contributed by atoms with Crippen molar-refractivity contribution in [1.29, 1.82) is 5.26 Å². The lowest BCUT2D eigenvalue weighted by Crippen LogP contribution is -2.14. The summed E-state index contributed by atoms with van der Waals surface area (Å²) in [5, 5.41) is 20.7. The van der Waals surface area contributed by atoms with E-state index in [4.69, 9.17) is 10.9 Å². The molecule has 0 unspecified atom stereocenters. The molecule has 10 heteroatoms. The number of nitrogens with zero attached hydrogens (tertiary/aromatic N) is 1. The van der Waals surface area contributed by atoms with Crippen LogP contribution >= 0.6 is 11.3 Å². The second-order valence-electron chi connectivity index (χ2n) is 6.18. The van der Waals surface area contributed by atoms with Gasteiger partial charge in [-0.1, -0.05) is 17.7 Å². The number of nitrogens with one attached hydrogen (secondary N) is 2. The summed E-state index contributed by atoms with van der Waals surface area (Å²) >= 11 is 1.06. The van der Waals surface area contributed by atoms with E-state index in [1.165, 1.54) is 24.3 Å². The Morgan fingerprint density at radius 1 is 1.07 bits per heavy atom. The summed E-state index contributed by atoms with van der Waals surface area (Å²) in [7, 11) is -3.82. The van der Waals surface area contributed by atoms with Crippen LogP contribution < -0.4 is 21.5 Å². The minimum Gasteiger partial charge on any atom is -0.396 e. The van der Waals surface area contributed by atoms with Crippen molar-refractivity contribution < 1.29 is 13.2 Å². The first-order chi connectivity index (χ1) is 13.7. The third kappa shape index (κ3) is 4.55. The van der Waals surface area contributed by atoms with Gasteiger partial charge in [-0.15, -0.1) is 11.3 Å². The molecule has 0 bridgehead atoms. The summed E-state index contributed by atoms with van der Waals surface area (Å²) in [6.45, 7) is 1.96. The Bertz CT molecular complexity index is 1210. The van der Waals surface area contributed by atoms with Crippen LogP contribution in [0.15, 0.2) is 53.4 Å². The molecule has 1 aromatic heterocycles. The fourth-order valence-electron chi connectivity index (χ4n) is 2.50. The van der Waals surface area contributed by atoms with Gasteiger partial charge in [0.05, 0.1) is 10.6 Å². The van der Waals surface area contributed by atoms with E-state index in [1.807, 2.05) is 37.3 Å². The molecule has 0 fully saturated rings. The Morgan fingerprint density at radius 2 is 1.66 bits per heavy atom. The molecular formula is C19H17N5O3S2. The van der Waals surface area contributed by atoms with Gasteiger partial charge in [0, 0.05) is 11.4 Å². The number of sulfonamides is 1. The van der Waals surface area contributed by atoms with Crippen molar-refractivity contribution >= 4 is 49.3 Å². The maximum atomic E-state index is 12.6. The van der Waals surface area contributed by atoms with Crippen LogP contribution in [-0.4, -0.2) is 14.3 Å². The van der Waals surface area contributed by atoms with Gasteiger partial charge in [0.25, 0.3) is 5.91 Å². The average Bonchev–Trinajstić information content (AvgIpc) is 2.98. The topological polar surface area (TPSA) is 151 Å². The van der Waals surface area contributed by atoms with Crippen molar-refractivity contribution in [1.82, 2.24) is 0 Å². The molecule has 0 aliphatic heterocycles. The lowest BCUT2D eigenvalue weighted by molar-refractivity contribution is 0.103. The molecule has 1 amide bonds. The number of thiophene rings is 1. The van der Waals surface area contributed by atoms with E-state index < -0.39 is 15.9 Å². The molecule has 2 aromatic carbocycles. The molecule has 6 N–H and O–H groups in total. The molecule has 0 atom stereocenters. The molecule has 0 spiro atoms. The van der Waals surface area contributed by atoms with Crippen molar-refractivity contribution in [2.24, 2.45) is 5.14 Å². The number of hydrogen-bond acceptors (Lipinski definition) is 7. The Balaban J connectivity index is 1.84. The van der Waals surface area contributed by atoms with E-state index in [9.17, 15) is 18.5 Å². The summed E-state index contributed by atoms with van der Waals surface area (Å²) in [5.41, 5.74) is 8.50. The number of carbonyl (C=O) groups excluding carboxylic acids is 1. The van der Waals surface area contributed by atoms with E-state index in [0.717, 1.165) is 22.6 Å². The van der Waals surface area contributed by atoms with Gasteiger partial charge >= 0.3 is 0 Å².